The summed E-state index contributed by atoms with van der Waals surface area (Å²) in [7, 11) is 0. The molecule has 0 bridgehead atoms. The van der Waals surface area contributed by atoms with Gasteiger partial charge in [-0.15, -0.1) is 0 Å². The molecular formula is C23H16Cl2N2O2. The highest BCUT2D eigenvalue weighted by Crippen LogP contribution is 2.29. The lowest BCUT2D eigenvalue weighted by atomic mass is 10.1. The second kappa shape index (κ2) is 8.52. The normalized spacial score (nSPS) is 15.0. The molecule has 0 fully saturated rings. The molecule has 29 heavy (non-hydrogen) atoms. The maximum atomic E-state index is 13.1. The second-order valence-electron chi connectivity index (χ2n) is 6.33. The number of ether oxygens (including phenoxy) is 1. The lowest BCUT2D eigenvalue weighted by molar-refractivity contribution is -0.114. The maximum Gasteiger partial charge on any atom is 0.280 e. The van der Waals surface area contributed by atoms with Crippen molar-refractivity contribution in [2.75, 3.05) is 11.6 Å². The fourth-order valence-corrected chi connectivity index (χ4v) is 3.37. The van der Waals surface area contributed by atoms with Crippen LogP contribution < -0.4 is 9.75 Å². The average molecular weight is 423 g/mol. The average Bonchev–Trinajstić information content (AvgIpc) is 3.04. The van der Waals surface area contributed by atoms with Gasteiger partial charge >= 0.3 is 0 Å². The van der Waals surface area contributed by atoms with Gasteiger partial charge in [0.1, 0.15) is 18.1 Å². The first kappa shape index (κ1) is 19.2. The molecule has 0 aromatic heterocycles. The van der Waals surface area contributed by atoms with Crippen LogP contribution in [-0.2, 0) is 4.79 Å². The number of halogens is 2. The van der Waals surface area contributed by atoms with Crippen LogP contribution in [0.3, 0.4) is 0 Å². The van der Waals surface area contributed by atoms with E-state index in [1.807, 2.05) is 66.7 Å². The number of benzene rings is 3. The van der Waals surface area contributed by atoms with Crippen molar-refractivity contribution in [1.82, 2.24) is 0 Å². The van der Waals surface area contributed by atoms with E-state index in [0.29, 0.717) is 32.8 Å². The summed E-state index contributed by atoms with van der Waals surface area (Å²) >= 11 is 12.1. The van der Waals surface area contributed by atoms with Crippen molar-refractivity contribution in [2.45, 2.75) is 0 Å². The lowest BCUT2D eigenvalue weighted by Crippen LogP contribution is -2.21. The minimum absolute atomic E-state index is 0.0924. The number of hydrogen-bond acceptors (Lipinski definition) is 3. The van der Waals surface area contributed by atoms with Gasteiger partial charge in [-0.25, -0.2) is 0 Å². The number of amides is 1. The van der Waals surface area contributed by atoms with Crippen molar-refractivity contribution in [3.63, 3.8) is 0 Å². The molecule has 0 unspecified atom stereocenters. The van der Waals surface area contributed by atoms with Crippen molar-refractivity contribution < 1.29 is 9.53 Å². The standard InChI is InChI=1S/C23H16Cl2N2O2/c24-17-11-12-22(20(25)14-17)29-15-21-19(13-16-7-3-1-4-8-16)23(28)27(26-21)18-9-5-2-6-10-18/h1-14H,15H2. The topological polar surface area (TPSA) is 41.9 Å². The molecule has 1 amide bonds. The molecule has 6 heteroatoms. The number of rotatable bonds is 5. The largest absolute Gasteiger partial charge is 0.486 e. The molecule has 1 aliphatic rings. The van der Waals surface area contributed by atoms with Gasteiger partial charge < -0.3 is 4.74 Å². The van der Waals surface area contributed by atoms with Crippen LogP contribution in [0.15, 0.2) is 89.5 Å². The SMILES string of the molecule is O=C1C(=Cc2ccccc2)C(COc2ccc(Cl)cc2Cl)=NN1c1ccccc1. The van der Waals surface area contributed by atoms with Crippen LogP contribution in [0.2, 0.25) is 10.0 Å². The summed E-state index contributed by atoms with van der Waals surface area (Å²) in [6.07, 6.45) is 1.82. The van der Waals surface area contributed by atoms with Gasteiger partial charge in [0.05, 0.1) is 16.3 Å². The molecule has 3 aromatic rings. The molecule has 1 heterocycles. The summed E-state index contributed by atoms with van der Waals surface area (Å²) in [5.41, 5.74) is 2.60. The van der Waals surface area contributed by atoms with Gasteiger partial charge in [-0.2, -0.15) is 10.1 Å². The number of carbonyl (C=O) groups is 1. The van der Waals surface area contributed by atoms with Gasteiger partial charge in [0.25, 0.3) is 5.91 Å². The van der Waals surface area contributed by atoms with E-state index in [0.717, 1.165) is 5.56 Å². The zero-order valence-electron chi connectivity index (χ0n) is 15.3. The van der Waals surface area contributed by atoms with E-state index >= 15 is 0 Å². The minimum atomic E-state index is -0.208. The van der Waals surface area contributed by atoms with E-state index in [2.05, 4.69) is 5.10 Å². The molecule has 0 atom stereocenters. The van der Waals surface area contributed by atoms with Crippen LogP contribution in [0, 0.1) is 0 Å². The fraction of sp³-hybridized carbons (Fsp3) is 0.0435. The first-order valence-corrected chi connectivity index (χ1v) is 9.69. The molecule has 0 radical (unpaired) electrons. The quantitative estimate of drug-likeness (QED) is 0.483. The summed E-state index contributed by atoms with van der Waals surface area (Å²) in [6, 6.07) is 23.9. The molecule has 0 spiro atoms. The van der Waals surface area contributed by atoms with E-state index < -0.39 is 0 Å². The van der Waals surface area contributed by atoms with Crippen molar-refractivity contribution in [1.29, 1.82) is 0 Å². The molecule has 3 aromatic carbocycles. The third-order valence-electron chi connectivity index (χ3n) is 4.32. The van der Waals surface area contributed by atoms with Gasteiger partial charge in [-0.05, 0) is 42.0 Å². The Hall–Kier alpha value is -3.08. The Morgan fingerprint density at radius 2 is 1.62 bits per heavy atom. The molecule has 0 saturated carbocycles. The Kier molecular flexibility index (Phi) is 5.65. The first-order chi connectivity index (χ1) is 14.1. The zero-order valence-corrected chi connectivity index (χ0v) is 16.8. The lowest BCUT2D eigenvalue weighted by Gasteiger charge is -2.10. The number of nitrogens with zero attached hydrogens (tertiary/aromatic N) is 2. The predicted octanol–water partition coefficient (Wildman–Crippen LogP) is 5.86. The van der Waals surface area contributed by atoms with Crippen molar-refractivity contribution in [2.24, 2.45) is 5.10 Å². The Morgan fingerprint density at radius 1 is 0.931 bits per heavy atom. The number of anilines is 1. The Labute approximate surface area is 178 Å². The van der Waals surface area contributed by atoms with Crippen LogP contribution in [0.1, 0.15) is 5.56 Å². The number of hydrogen-bond donors (Lipinski definition) is 0. The summed E-state index contributed by atoms with van der Waals surface area (Å²) < 4.78 is 5.84. The van der Waals surface area contributed by atoms with Crippen LogP contribution in [-0.4, -0.2) is 18.2 Å². The third kappa shape index (κ3) is 4.34. The van der Waals surface area contributed by atoms with Crippen molar-refractivity contribution in [3.05, 3.63) is 100 Å². The molecule has 0 aliphatic carbocycles. The van der Waals surface area contributed by atoms with Crippen molar-refractivity contribution >= 4 is 46.6 Å². The monoisotopic (exact) mass is 422 g/mol. The van der Waals surface area contributed by atoms with Gasteiger partial charge in [0.2, 0.25) is 0 Å². The van der Waals surface area contributed by atoms with Crippen LogP contribution in [0.4, 0.5) is 5.69 Å². The molecule has 144 valence electrons. The van der Waals surface area contributed by atoms with Crippen molar-refractivity contribution in [3.8, 4) is 5.75 Å². The third-order valence-corrected chi connectivity index (χ3v) is 4.85. The Morgan fingerprint density at radius 3 is 2.31 bits per heavy atom. The molecule has 0 N–H and O–H groups in total. The summed E-state index contributed by atoms with van der Waals surface area (Å²) in [6.45, 7) is 0.0924. The van der Waals surface area contributed by atoms with E-state index in [-0.39, 0.29) is 12.5 Å². The molecule has 1 aliphatic heterocycles. The minimum Gasteiger partial charge on any atom is -0.486 e. The van der Waals surface area contributed by atoms with Gasteiger partial charge in [-0.3, -0.25) is 4.79 Å². The first-order valence-electron chi connectivity index (χ1n) is 8.94. The van der Waals surface area contributed by atoms with Crippen LogP contribution in [0.5, 0.6) is 5.75 Å². The van der Waals surface area contributed by atoms with Gasteiger partial charge in [0, 0.05) is 5.02 Å². The highest BCUT2D eigenvalue weighted by Gasteiger charge is 2.31. The smallest absolute Gasteiger partial charge is 0.280 e. The van der Waals surface area contributed by atoms with Crippen LogP contribution in [0.25, 0.3) is 6.08 Å². The molecular weight excluding hydrogens is 407 g/mol. The maximum absolute atomic E-state index is 13.1. The Balaban J connectivity index is 1.66. The second-order valence-corrected chi connectivity index (χ2v) is 7.17. The predicted molar refractivity (Wildman–Crippen MR) is 118 cm³/mol. The highest BCUT2D eigenvalue weighted by molar-refractivity contribution is 6.35. The van der Waals surface area contributed by atoms with E-state index in [9.17, 15) is 4.79 Å². The van der Waals surface area contributed by atoms with Gasteiger partial charge in [-0.1, -0.05) is 71.7 Å². The number of hydrazone groups is 1. The molecule has 0 saturated heterocycles. The Bertz CT molecular complexity index is 1100. The number of para-hydroxylation sites is 1. The van der Waals surface area contributed by atoms with E-state index in [4.69, 9.17) is 27.9 Å². The van der Waals surface area contributed by atoms with Gasteiger partial charge in [0.15, 0.2) is 0 Å². The van der Waals surface area contributed by atoms with E-state index in [1.165, 1.54) is 5.01 Å². The summed E-state index contributed by atoms with van der Waals surface area (Å²) in [4.78, 5) is 13.1. The molecule has 4 nitrogen and oxygen atoms in total. The zero-order chi connectivity index (χ0) is 20.2. The summed E-state index contributed by atoms with van der Waals surface area (Å²) in [5, 5.41) is 6.83. The molecule has 4 rings (SSSR count). The highest BCUT2D eigenvalue weighted by atomic mass is 35.5. The fourth-order valence-electron chi connectivity index (χ4n) is 2.91. The van der Waals surface area contributed by atoms with E-state index in [1.54, 1.807) is 18.2 Å². The number of carbonyl (C=O) groups excluding carboxylic acids is 1. The van der Waals surface area contributed by atoms with Crippen LogP contribution >= 0.6 is 23.2 Å². The summed E-state index contributed by atoms with van der Waals surface area (Å²) in [5.74, 6) is 0.268.